The van der Waals surface area contributed by atoms with Crippen LogP contribution in [0.5, 0.6) is 0 Å². The van der Waals surface area contributed by atoms with Gasteiger partial charge in [-0.25, -0.2) is 0 Å². The largest absolute Gasteiger partial charge is 0.381 e. The fourth-order valence-electron chi connectivity index (χ4n) is 2.08. The lowest BCUT2D eigenvalue weighted by Crippen LogP contribution is -2.38. The molecule has 0 fully saturated rings. The van der Waals surface area contributed by atoms with Gasteiger partial charge >= 0.3 is 0 Å². The first-order valence-corrected chi connectivity index (χ1v) is 8.50. The third kappa shape index (κ3) is 8.35. The Balaban J connectivity index is 4.05. The Hall–Kier alpha value is 0.225. The monoisotopic (exact) mass is 365 g/mol. The van der Waals surface area contributed by atoms with E-state index in [4.69, 9.17) is 5.41 Å². The average molecular weight is 365 g/mol. The molecule has 3 nitrogen and oxygen atoms in total. The van der Waals surface area contributed by atoms with Gasteiger partial charge in [0.25, 0.3) is 5.14 Å². The van der Waals surface area contributed by atoms with Crippen LogP contribution < -0.4 is 5.32 Å². The van der Waals surface area contributed by atoms with Gasteiger partial charge in [0.2, 0.25) is 0 Å². The summed E-state index contributed by atoms with van der Waals surface area (Å²) in [6, 6.07) is 1.27. The van der Waals surface area contributed by atoms with Gasteiger partial charge in [-0.05, 0) is 46.1 Å². The highest BCUT2D eigenvalue weighted by molar-refractivity contribution is 14.1. The van der Waals surface area contributed by atoms with E-state index in [0.717, 1.165) is 24.0 Å². The van der Waals surface area contributed by atoms with Crippen LogP contribution in [-0.4, -0.2) is 41.4 Å². The van der Waals surface area contributed by atoms with E-state index < -0.39 is 0 Å². The van der Waals surface area contributed by atoms with Crippen molar-refractivity contribution in [1.29, 1.82) is 5.41 Å². The molecule has 5 heteroatoms. The molecule has 0 heterocycles. The van der Waals surface area contributed by atoms with E-state index >= 15 is 0 Å². The summed E-state index contributed by atoms with van der Waals surface area (Å²) in [5.74, 6) is 0.747. The number of rotatable bonds is 9. The normalized spacial score (nSPS) is 13.2. The molecule has 0 aromatic rings. The lowest BCUT2D eigenvalue weighted by atomic mass is 9.97. The SMILES string of the molecule is CC(C)C[C@H](CCCNC(=N)BI)N(C)C(C)C. The minimum atomic E-state index is 0.606. The van der Waals surface area contributed by atoms with Crippen molar-refractivity contribution in [1.82, 2.24) is 10.2 Å². The van der Waals surface area contributed by atoms with Crippen LogP contribution in [0.3, 0.4) is 0 Å². The molecule has 2 N–H and O–H groups in total. The second-order valence-corrected chi connectivity index (χ2v) is 6.49. The van der Waals surface area contributed by atoms with Crippen LogP contribution in [-0.2, 0) is 0 Å². The van der Waals surface area contributed by atoms with Crippen LogP contribution in [0.4, 0.5) is 0 Å². The van der Waals surface area contributed by atoms with Gasteiger partial charge < -0.3 is 10.2 Å². The number of halogens is 1. The third-order valence-corrected chi connectivity index (χ3v) is 4.08. The lowest BCUT2D eigenvalue weighted by Gasteiger charge is -2.32. The summed E-state index contributed by atoms with van der Waals surface area (Å²) in [6.45, 7) is 10.0. The molecule has 0 aromatic heterocycles. The van der Waals surface area contributed by atoms with Crippen molar-refractivity contribution in [2.45, 2.75) is 59.0 Å². The lowest BCUT2D eigenvalue weighted by molar-refractivity contribution is 0.161. The maximum atomic E-state index is 7.56. The Morgan fingerprint density at radius 2 is 1.94 bits per heavy atom. The Kier molecular flexibility index (Phi) is 10.2. The zero-order chi connectivity index (χ0) is 14.1. The predicted molar refractivity (Wildman–Crippen MR) is 92.3 cm³/mol. The maximum Gasteiger partial charge on any atom is 0.276 e. The summed E-state index contributed by atoms with van der Waals surface area (Å²) >= 11 is 2.22. The minimum absolute atomic E-state index is 0.606. The summed E-state index contributed by atoms with van der Waals surface area (Å²) in [6.07, 6.45) is 3.63. The summed E-state index contributed by atoms with van der Waals surface area (Å²) in [5.41, 5.74) is 0.647. The second kappa shape index (κ2) is 10.1. The molecule has 0 unspecified atom stereocenters. The first-order valence-electron chi connectivity index (χ1n) is 6.97. The maximum absolute atomic E-state index is 7.56. The van der Waals surface area contributed by atoms with E-state index in [1.807, 2.05) is 0 Å². The molecule has 18 heavy (non-hydrogen) atoms. The van der Waals surface area contributed by atoms with Gasteiger partial charge in [0.05, 0.1) is 5.73 Å². The number of amidine groups is 1. The molecule has 0 aliphatic rings. The molecular formula is C13H29BIN3. The van der Waals surface area contributed by atoms with Gasteiger partial charge in [0.15, 0.2) is 0 Å². The molecule has 1 atom stereocenters. The van der Waals surface area contributed by atoms with Crippen molar-refractivity contribution >= 4 is 33.2 Å². The van der Waals surface area contributed by atoms with Crippen LogP contribution in [0.25, 0.3) is 0 Å². The third-order valence-electron chi connectivity index (χ3n) is 3.32. The van der Waals surface area contributed by atoms with E-state index in [-0.39, 0.29) is 0 Å². The highest BCUT2D eigenvalue weighted by atomic mass is 127. The Morgan fingerprint density at radius 3 is 2.39 bits per heavy atom. The van der Waals surface area contributed by atoms with E-state index in [2.05, 4.69) is 67.3 Å². The molecule has 106 valence electrons. The van der Waals surface area contributed by atoms with Gasteiger partial charge in [0, 0.05) is 18.6 Å². The molecule has 0 saturated heterocycles. The summed E-state index contributed by atoms with van der Waals surface area (Å²) in [5, 5.41) is 11.5. The highest BCUT2D eigenvalue weighted by Gasteiger charge is 2.18. The predicted octanol–water partition coefficient (Wildman–Crippen LogP) is 2.83. The van der Waals surface area contributed by atoms with Crippen molar-refractivity contribution in [2.75, 3.05) is 13.6 Å². The van der Waals surface area contributed by atoms with Crippen LogP contribution in [0.2, 0.25) is 0 Å². The molecule has 0 aliphatic carbocycles. The zero-order valence-corrected chi connectivity index (χ0v) is 14.8. The first-order chi connectivity index (χ1) is 8.38. The summed E-state index contributed by atoms with van der Waals surface area (Å²) in [7, 11) is 2.23. The highest BCUT2D eigenvalue weighted by Crippen LogP contribution is 2.17. The number of nitrogens with one attached hydrogen (secondary N) is 2. The molecule has 0 spiro atoms. The van der Waals surface area contributed by atoms with E-state index in [1.54, 1.807) is 0 Å². The molecule has 0 radical (unpaired) electrons. The molecule has 0 saturated carbocycles. The van der Waals surface area contributed by atoms with Crippen LogP contribution in [0, 0.1) is 11.3 Å². The van der Waals surface area contributed by atoms with Gasteiger partial charge in [-0.2, -0.15) is 0 Å². The van der Waals surface area contributed by atoms with Gasteiger partial charge in [-0.1, -0.05) is 13.8 Å². The second-order valence-electron chi connectivity index (χ2n) is 5.72. The van der Waals surface area contributed by atoms with Gasteiger partial charge in [-0.3, -0.25) is 5.41 Å². The topological polar surface area (TPSA) is 39.1 Å². The summed E-state index contributed by atoms with van der Waals surface area (Å²) < 4.78 is 0. The van der Waals surface area contributed by atoms with Crippen LogP contribution >= 0.6 is 22.4 Å². The number of hydrogen-bond donors (Lipinski definition) is 2. The zero-order valence-electron chi connectivity index (χ0n) is 12.6. The van der Waals surface area contributed by atoms with Gasteiger partial charge in [0.1, 0.15) is 0 Å². The molecule has 0 rings (SSSR count). The van der Waals surface area contributed by atoms with Crippen LogP contribution in [0.1, 0.15) is 47.0 Å². The quantitative estimate of drug-likeness (QED) is 0.217. The first kappa shape index (κ1) is 18.2. The van der Waals surface area contributed by atoms with E-state index in [1.165, 1.54) is 12.8 Å². The fourth-order valence-corrected chi connectivity index (χ4v) is 2.35. The Labute approximate surface area is 127 Å². The number of nitrogens with zero attached hydrogens (tertiary/aromatic N) is 1. The molecule has 0 bridgehead atoms. The molecule has 0 amide bonds. The Morgan fingerprint density at radius 1 is 1.33 bits per heavy atom. The van der Waals surface area contributed by atoms with E-state index in [9.17, 15) is 0 Å². The summed E-state index contributed by atoms with van der Waals surface area (Å²) in [4.78, 5) is 2.49. The molecule has 0 aliphatic heterocycles. The van der Waals surface area contributed by atoms with Crippen LogP contribution in [0.15, 0.2) is 0 Å². The van der Waals surface area contributed by atoms with Crippen molar-refractivity contribution < 1.29 is 0 Å². The van der Waals surface area contributed by atoms with Crippen molar-refractivity contribution in [2.24, 2.45) is 5.92 Å². The fraction of sp³-hybridized carbons (Fsp3) is 0.923. The van der Waals surface area contributed by atoms with Gasteiger partial charge in [-0.15, -0.1) is 22.4 Å². The smallest absolute Gasteiger partial charge is 0.276 e. The average Bonchev–Trinajstić information content (AvgIpc) is 2.30. The van der Waals surface area contributed by atoms with Crippen molar-refractivity contribution in [3.63, 3.8) is 0 Å². The standard InChI is InChI=1S/C13H29BIN3/c1-10(2)9-12(18(5)11(3)4)7-6-8-17-13(16)14-15/h10-12,14H,6-9H2,1-5H3,(H2,16,17)/t12-/m0/s1. The number of hydrogen-bond acceptors (Lipinski definition) is 2. The molecule has 0 aromatic carbocycles. The minimum Gasteiger partial charge on any atom is -0.381 e. The van der Waals surface area contributed by atoms with Crippen molar-refractivity contribution in [3.8, 4) is 0 Å². The van der Waals surface area contributed by atoms with Crippen molar-refractivity contribution in [3.05, 3.63) is 0 Å². The van der Waals surface area contributed by atoms with E-state index in [0.29, 0.717) is 17.8 Å². The molecular weight excluding hydrogens is 336 g/mol. The Bertz CT molecular complexity index is 234.